The fourth-order valence-electron chi connectivity index (χ4n) is 1.01. The number of carboxylic acid groups (broad SMARTS) is 1. The van der Waals surface area contributed by atoms with Crippen molar-refractivity contribution in [1.82, 2.24) is 9.97 Å². The molecule has 2 atom stereocenters. The molecule has 82 valence electrons. The summed E-state index contributed by atoms with van der Waals surface area (Å²) in [7, 11) is 0. The Labute approximate surface area is 85.2 Å². The normalized spacial score (nSPS) is 14.5. The molecule has 0 saturated heterocycles. The maximum absolute atomic E-state index is 10.3. The van der Waals surface area contributed by atoms with Crippen LogP contribution < -0.4 is 5.73 Å². The van der Waals surface area contributed by atoms with Crippen molar-refractivity contribution < 1.29 is 20.1 Å². The minimum Gasteiger partial charge on any atom is -0.481 e. The van der Waals surface area contributed by atoms with Crippen LogP contribution in [0.2, 0.25) is 0 Å². The van der Waals surface area contributed by atoms with Gasteiger partial charge < -0.3 is 21.1 Å². The van der Waals surface area contributed by atoms with E-state index in [-0.39, 0.29) is 11.5 Å². The molecular weight excluding hydrogens is 202 g/mol. The molecule has 1 aromatic rings. The fraction of sp³-hybridized carbons (Fsp3) is 0.375. The van der Waals surface area contributed by atoms with E-state index in [2.05, 4.69) is 9.97 Å². The van der Waals surface area contributed by atoms with E-state index in [1.165, 1.54) is 12.4 Å². The average Bonchev–Trinajstić information content (AvgIpc) is 2.17. The second-order valence-corrected chi connectivity index (χ2v) is 2.98. The molecule has 0 radical (unpaired) electrons. The van der Waals surface area contributed by atoms with Crippen LogP contribution in [0.4, 0.5) is 5.95 Å². The number of hydrogen-bond acceptors (Lipinski definition) is 6. The first-order valence-corrected chi connectivity index (χ1v) is 4.16. The SMILES string of the molecule is Nc1ncc(C(O)C(O)CC(=O)O)cn1. The second-order valence-electron chi connectivity index (χ2n) is 2.98. The number of rotatable bonds is 4. The summed E-state index contributed by atoms with van der Waals surface area (Å²) in [6.07, 6.45) is -0.807. The number of anilines is 1. The van der Waals surface area contributed by atoms with Gasteiger partial charge in [0.2, 0.25) is 5.95 Å². The molecule has 1 aromatic heterocycles. The number of nitrogen functional groups attached to an aromatic ring is 1. The van der Waals surface area contributed by atoms with Crippen molar-refractivity contribution in [3.8, 4) is 0 Å². The van der Waals surface area contributed by atoms with E-state index >= 15 is 0 Å². The summed E-state index contributed by atoms with van der Waals surface area (Å²) < 4.78 is 0. The van der Waals surface area contributed by atoms with Gasteiger partial charge in [0, 0.05) is 18.0 Å². The Hall–Kier alpha value is -1.73. The first kappa shape index (κ1) is 11.3. The molecule has 0 aliphatic heterocycles. The maximum Gasteiger partial charge on any atom is 0.306 e. The molecule has 0 spiro atoms. The molecular formula is C8H11N3O4. The fourth-order valence-corrected chi connectivity index (χ4v) is 1.01. The van der Waals surface area contributed by atoms with Gasteiger partial charge in [-0.3, -0.25) is 4.79 Å². The monoisotopic (exact) mass is 213 g/mol. The van der Waals surface area contributed by atoms with Gasteiger partial charge in [0.25, 0.3) is 0 Å². The number of aliphatic hydroxyl groups is 2. The van der Waals surface area contributed by atoms with Gasteiger partial charge in [0.15, 0.2) is 0 Å². The number of aliphatic carboxylic acids is 1. The molecule has 7 nitrogen and oxygen atoms in total. The highest BCUT2D eigenvalue weighted by Crippen LogP contribution is 2.17. The smallest absolute Gasteiger partial charge is 0.306 e. The predicted molar refractivity (Wildman–Crippen MR) is 49.7 cm³/mol. The minimum absolute atomic E-state index is 0.0404. The Balaban J connectivity index is 2.71. The summed E-state index contributed by atoms with van der Waals surface area (Å²) in [5.74, 6) is -1.16. The molecule has 15 heavy (non-hydrogen) atoms. The predicted octanol–water partition coefficient (Wildman–Crippen LogP) is -1.07. The zero-order valence-electron chi connectivity index (χ0n) is 7.74. The number of aliphatic hydroxyl groups excluding tert-OH is 2. The maximum atomic E-state index is 10.3. The Kier molecular flexibility index (Phi) is 3.53. The first-order valence-electron chi connectivity index (χ1n) is 4.16. The number of nitrogens with two attached hydrogens (primary N) is 1. The number of nitrogens with zero attached hydrogens (tertiary/aromatic N) is 2. The van der Waals surface area contributed by atoms with Crippen molar-refractivity contribution in [2.45, 2.75) is 18.6 Å². The highest BCUT2D eigenvalue weighted by atomic mass is 16.4. The van der Waals surface area contributed by atoms with E-state index in [4.69, 9.17) is 10.8 Å². The third-order valence-electron chi connectivity index (χ3n) is 1.78. The third-order valence-corrected chi connectivity index (χ3v) is 1.78. The zero-order chi connectivity index (χ0) is 11.4. The summed E-state index contributed by atoms with van der Waals surface area (Å²) in [4.78, 5) is 17.5. The van der Waals surface area contributed by atoms with Crippen molar-refractivity contribution in [2.75, 3.05) is 5.73 Å². The summed E-state index contributed by atoms with van der Waals surface area (Å²) in [6.45, 7) is 0. The number of aromatic nitrogens is 2. The lowest BCUT2D eigenvalue weighted by molar-refractivity contribution is -0.141. The van der Waals surface area contributed by atoms with Crippen molar-refractivity contribution in [3.63, 3.8) is 0 Å². The van der Waals surface area contributed by atoms with Gasteiger partial charge in [-0.05, 0) is 0 Å². The van der Waals surface area contributed by atoms with E-state index in [0.29, 0.717) is 0 Å². The van der Waals surface area contributed by atoms with Crippen molar-refractivity contribution >= 4 is 11.9 Å². The quantitative estimate of drug-likeness (QED) is 0.500. The lowest BCUT2D eigenvalue weighted by Gasteiger charge is -2.15. The zero-order valence-corrected chi connectivity index (χ0v) is 7.74. The van der Waals surface area contributed by atoms with Crippen LogP contribution in [0.5, 0.6) is 0 Å². The molecule has 0 aliphatic carbocycles. The molecule has 7 heteroatoms. The molecule has 0 saturated carbocycles. The van der Waals surface area contributed by atoms with Crippen LogP contribution in [-0.2, 0) is 4.79 Å². The highest BCUT2D eigenvalue weighted by Gasteiger charge is 2.21. The molecule has 5 N–H and O–H groups in total. The van der Waals surface area contributed by atoms with Crippen LogP contribution >= 0.6 is 0 Å². The molecule has 0 amide bonds. The van der Waals surface area contributed by atoms with E-state index in [9.17, 15) is 15.0 Å². The van der Waals surface area contributed by atoms with Gasteiger partial charge in [-0.25, -0.2) is 9.97 Å². The van der Waals surface area contributed by atoms with Crippen molar-refractivity contribution in [2.24, 2.45) is 0 Å². The summed E-state index contributed by atoms with van der Waals surface area (Å²) in [5.41, 5.74) is 5.44. The second kappa shape index (κ2) is 4.67. The average molecular weight is 213 g/mol. The Morgan fingerprint density at radius 2 is 1.93 bits per heavy atom. The van der Waals surface area contributed by atoms with Crippen LogP contribution in [-0.4, -0.2) is 37.4 Å². The van der Waals surface area contributed by atoms with Crippen LogP contribution in [0.25, 0.3) is 0 Å². The largest absolute Gasteiger partial charge is 0.481 e. The number of carboxylic acids is 1. The number of hydrogen-bond donors (Lipinski definition) is 4. The molecule has 0 fully saturated rings. The molecule has 2 unspecified atom stereocenters. The van der Waals surface area contributed by atoms with Gasteiger partial charge in [-0.2, -0.15) is 0 Å². The van der Waals surface area contributed by atoms with Gasteiger partial charge >= 0.3 is 5.97 Å². The van der Waals surface area contributed by atoms with Crippen LogP contribution in [0.15, 0.2) is 12.4 Å². The van der Waals surface area contributed by atoms with Crippen LogP contribution in [0.3, 0.4) is 0 Å². The highest BCUT2D eigenvalue weighted by molar-refractivity contribution is 5.67. The Bertz CT molecular complexity index is 340. The molecule has 1 rings (SSSR count). The van der Waals surface area contributed by atoms with Crippen molar-refractivity contribution in [3.05, 3.63) is 18.0 Å². The van der Waals surface area contributed by atoms with E-state index in [1.807, 2.05) is 0 Å². The Morgan fingerprint density at radius 1 is 1.40 bits per heavy atom. The van der Waals surface area contributed by atoms with Gasteiger partial charge in [-0.1, -0.05) is 0 Å². The van der Waals surface area contributed by atoms with Gasteiger partial charge in [0.1, 0.15) is 6.10 Å². The van der Waals surface area contributed by atoms with Crippen molar-refractivity contribution in [1.29, 1.82) is 0 Å². The van der Waals surface area contributed by atoms with Crippen LogP contribution in [0.1, 0.15) is 18.1 Å². The lowest BCUT2D eigenvalue weighted by atomic mass is 10.1. The van der Waals surface area contributed by atoms with E-state index in [0.717, 1.165) is 0 Å². The Morgan fingerprint density at radius 3 is 2.40 bits per heavy atom. The molecule has 0 aliphatic rings. The molecule has 1 heterocycles. The summed E-state index contributed by atoms with van der Waals surface area (Å²) >= 11 is 0. The summed E-state index contributed by atoms with van der Waals surface area (Å²) in [5, 5.41) is 27.2. The minimum atomic E-state index is -1.39. The molecule has 0 aromatic carbocycles. The van der Waals surface area contributed by atoms with E-state index < -0.39 is 24.6 Å². The van der Waals surface area contributed by atoms with Gasteiger partial charge in [-0.15, -0.1) is 0 Å². The van der Waals surface area contributed by atoms with E-state index in [1.54, 1.807) is 0 Å². The number of carbonyl (C=O) groups is 1. The van der Waals surface area contributed by atoms with Gasteiger partial charge in [0.05, 0.1) is 12.5 Å². The third kappa shape index (κ3) is 3.15. The lowest BCUT2D eigenvalue weighted by Crippen LogP contribution is -2.22. The summed E-state index contributed by atoms with van der Waals surface area (Å²) in [6, 6.07) is 0. The molecule has 0 bridgehead atoms. The standard InChI is InChI=1S/C8H11N3O4/c9-8-10-2-4(3-11-8)7(15)5(12)1-6(13)14/h2-3,5,7,12,15H,1H2,(H,13,14)(H2,9,10,11). The first-order chi connectivity index (χ1) is 7.00. The van der Waals surface area contributed by atoms with Crippen LogP contribution in [0, 0.1) is 0 Å². The topological polar surface area (TPSA) is 130 Å².